The molecule has 1 fully saturated rings. The van der Waals surface area contributed by atoms with E-state index in [4.69, 9.17) is 4.42 Å². The summed E-state index contributed by atoms with van der Waals surface area (Å²) in [6.45, 7) is 1.02. The van der Waals surface area contributed by atoms with Crippen LogP contribution in [0, 0.1) is 0 Å². The molecular formula is C15H18N2O4S. The number of benzene rings is 1. The number of fused-ring (bicyclic) bond motifs is 1. The van der Waals surface area contributed by atoms with E-state index in [-0.39, 0.29) is 4.90 Å². The van der Waals surface area contributed by atoms with E-state index in [1.807, 2.05) is 7.05 Å². The summed E-state index contributed by atoms with van der Waals surface area (Å²) in [5.41, 5.74) is -0.0578. The number of nitrogens with zero attached hydrogens (tertiary/aromatic N) is 1. The third-order valence-corrected chi connectivity index (χ3v) is 5.99. The lowest BCUT2D eigenvalue weighted by Crippen LogP contribution is -2.43. The first-order valence-electron chi connectivity index (χ1n) is 7.22. The van der Waals surface area contributed by atoms with Gasteiger partial charge in [-0.1, -0.05) is 0 Å². The fourth-order valence-corrected chi connectivity index (χ4v) is 4.25. The van der Waals surface area contributed by atoms with Crippen molar-refractivity contribution in [2.75, 3.05) is 20.1 Å². The minimum atomic E-state index is -3.51. The number of sulfonamides is 1. The first-order valence-corrected chi connectivity index (χ1v) is 8.66. The molecule has 0 radical (unpaired) electrons. The number of rotatable bonds is 3. The average molecular weight is 322 g/mol. The van der Waals surface area contributed by atoms with Gasteiger partial charge in [0.2, 0.25) is 10.0 Å². The minimum absolute atomic E-state index is 0.233. The normalized spacial score (nSPS) is 17.9. The zero-order chi connectivity index (χ0) is 15.7. The van der Waals surface area contributed by atoms with E-state index < -0.39 is 15.6 Å². The van der Waals surface area contributed by atoms with E-state index in [9.17, 15) is 13.2 Å². The van der Waals surface area contributed by atoms with Crippen molar-refractivity contribution in [3.63, 3.8) is 0 Å². The highest BCUT2D eigenvalue weighted by Gasteiger charge is 2.29. The standard InChI is InChI=1S/C15H18N2O4S/c1-16-12-6-8-17(9-7-12)22(19,20)13-3-4-14-11(10-13)2-5-15(18)21-14/h2-5,10,12,16H,6-9H2,1H3. The van der Waals surface area contributed by atoms with Crippen LogP contribution in [0.4, 0.5) is 0 Å². The van der Waals surface area contributed by atoms with Gasteiger partial charge in [0.25, 0.3) is 0 Å². The molecule has 118 valence electrons. The first-order chi connectivity index (χ1) is 10.5. The Morgan fingerprint density at radius 2 is 1.91 bits per heavy atom. The molecule has 2 heterocycles. The lowest BCUT2D eigenvalue weighted by molar-refractivity contribution is 0.298. The van der Waals surface area contributed by atoms with Crippen molar-refractivity contribution in [2.45, 2.75) is 23.8 Å². The maximum Gasteiger partial charge on any atom is 0.336 e. The van der Waals surface area contributed by atoms with Crippen LogP contribution < -0.4 is 10.9 Å². The lowest BCUT2D eigenvalue weighted by atomic mass is 10.1. The van der Waals surface area contributed by atoms with E-state index in [1.54, 1.807) is 12.1 Å². The minimum Gasteiger partial charge on any atom is -0.423 e. The molecule has 2 aromatic rings. The van der Waals surface area contributed by atoms with Gasteiger partial charge in [-0.3, -0.25) is 0 Å². The highest BCUT2D eigenvalue weighted by atomic mass is 32.2. The molecular weight excluding hydrogens is 304 g/mol. The summed E-state index contributed by atoms with van der Waals surface area (Å²) >= 11 is 0. The number of nitrogens with one attached hydrogen (secondary N) is 1. The smallest absolute Gasteiger partial charge is 0.336 e. The molecule has 0 saturated carbocycles. The van der Waals surface area contributed by atoms with Crippen molar-refractivity contribution in [1.82, 2.24) is 9.62 Å². The second-order valence-electron chi connectivity index (χ2n) is 5.42. The topological polar surface area (TPSA) is 79.6 Å². The van der Waals surface area contributed by atoms with Crippen molar-refractivity contribution >= 4 is 21.0 Å². The van der Waals surface area contributed by atoms with Crippen LogP contribution in [0.1, 0.15) is 12.8 Å². The van der Waals surface area contributed by atoms with E-state index in [2.05, 4.69) is 5.32 Å². The summed E-state index contributed by atoms with van der Waals surface area (Å²) in [4.78, 5) is 11.4. The zero-order valence-corrected chi connectivity index (χ0v) is 13.1. The molecule has 0 unspecified atom stereocenters. The van der Waals surface area contributed by atoms with Crippen LogP contribution in [0.25, 0.3) is 11.0 Å². The van der Waals surface area contributed by atoms with Gasteiger partial charge in [-0.05, 0) is 44.2 Å². The quantitative estimate of drug-likeness (QED) is 0.858. The summed E-state index contributed by atoms with van der Waals surface area (Å²) in [6.07, 6.45) is 1.61. The molecule has 0 bridgehead atoms. The number of piperidine rings is 1. The van der Waals surface area contributed by atoms with Crippen molar-refractivity contribution in [3.05, 3.63) is 40.8 Å². The van der Waals surface area contributed by atoms with E-state index in [0.29, 0.717) is 30.1 Å². The molecule has 1 aromatic heterocycles. The lowest BCUT2D eigenvalue weighted by Gasteiger charge is -2.31. The Kier molecular flexibility index (Phi) is 4.03. The summed E-state index contributed by atoms with van der Waals surface area (Å²) in [6, 6.07) is 7.81. The van der Waals surface area contributed by atoms with Gasteiger partial charge in [0.1, 0.15) is 5.58 Å². The second kappa shape index (κ2) is 5.83. The van der Waals surface area contributed by atoms with Gasteiger partial charge < -0.3 is 9.73 Å². The van der Waals surface area contributed by atoms with Crippen LogP contribution in [0.5, 0.6) is 0 Å². The monoisotopic (exact) mass is 322 g/mol. The largest absolute Gasteiger partial charge is 0.423 e. The van der Waals surface area contributed by atoms with E-state index >= 15 is 0 Å². The van der Waals surface area contributed by atoms with Gasteiger partial charge in [-0.25, -0.2) is 13.2 Å². The molecule has 22 heavy (non-hydrogen) atoms. The van der Waals surface area contributed by atoms with Crippen molar-refractivity contribution in [2.24, 2.45) is 0 Å². The van der Waals surface area contributed by atoms with E-state index in [1.165, 1.54) is 22.5 Å². The molecule has 1 aliphatic heterocycles. The predicted octanol–water partition coefficient (Wildman–Crippen LogP) is 1.17. The van der Waals surface area contributed by atoms with Crippen LogP contribution in [-0.4, -0.2) is 38.9 Å². The Bertz CT molecular complexity index is 836. The van der Waals surface area contributed by atoms with Gasteiger partial charge in [-0.15, -0.1) is 0 Å². The maximum absolute atomic E-state index is 12.7. The van der Waals surface area contributed by atoms with Crippen LogP contribution >= 0.6 is 0 Å². The average Bonchev–Trinajstić information content (AvgIpc) is 2.54. The Morgan fingerprint density at radius 1 is 1.18 bits per heavy atom. The molecule has 0 aliphatic carbocycles. The van der Waals surface area contributed by atoms with Gasteiger partial charge >= 0.3 is 5.63 Å². The van der Waals surface area contributed by atoms with Gasteiger partial charge in [0.05, 0.1) is 4.90 Å². The third-order valence-electron chi connectivity index (χ3n) is 4.09. The summed E-state index contributed by atoms with van der Waals surface area (Å²) in [5.74, 6) is 0. The van der Waals surface area contributed by atoms with Crippen molar-refractivity contribution < 1.29 is 12.8 Å². The fraction of sp³-hybridized carbons (Fsp3) is 0.400. The molecule has 7 heteroatoms. The predicted molar refractivity (Wildman–Crippen MR) is 83.3 cm³/mol. The Balaban J connectivity index is 1.92. The summed E-state index contributed by atoms with van der Waals surface area (Å²) in [5, 5.41) is 3.78. The molecule has 0 atom stereocenters. The third kappa shape index (κ3) is 2.79. The van der Waals surface area contributed by atoms with Gasteiger partial charge in [0.15, 0.2) is 0 Å². The molecule has 1 saturated heterocycles. The van der Waals surface area contributed by atoms with Crippen LogP contribution in [-0.2, 0) is 10.0 Å². The van der Waals surface area contributed by atoms with E-state index in [0.717, 1.165) is 12.8 Å². The summed E-state index contributed by atoms with van der Waals surface area (Å²) < 4.78 is 32.0. The van der Waals surface area contributed by atoms with Crippen LogP contribution in [0.15, 0.2) is 44.4 Å². The maximum atomic E-state index is 12.7. The molecule has 1 aliphatic rings. The highest BCUT2D eigenvalue weighted by molar-refractivity contribution is 7.89. The van der Waals surface area contributed by atoms with Gasteiger partial charge in [0, 0.05) is 30.6 Å². The molecule has 0 spiro atoms. The van der Waals surface area contributed by atoms with Crippen molar-refractivity contribution in [1.29, 1.82) is 0 Å². The highest BCUT2D eigenvalue weighted by Crippen LogP contribution is 2.23. The van der Waals surface area contributed by atoms with Crippen LogP contribution in [0.2, 0.25) is 0 Å². The Labute approximate surface area is 128 Å². The molecule has 3 rings (SSSR count). The molecule has 0 amide bonds. The van der Waals surface area contributed by atoms with Gasteiger partial charge in [-0.2, -0.15) is 4.31 Å². The van der Waals surface area contributed by atoms with Crippen LogP contribution in [0.3, 0.4) is 0 Å². The molecule has 1 N–H and O–H groups in total. The fourth-order valence-electron chi connectivity index (χ4n) is 2.74. The summed E-state index contributed by atoms with van der Waals surface area (Å²) in [7, 11) is -1.61. The zero-order valence-electron chi connectivity index (χ0n) is 12.3. The Hall–Kier alpha value is -1.70. The molecule has 1 aromatic carbocycles. The van der Waals surface area contributed by atoms with Crippen molar-refractivity contribution in [3.8, 4) is 0 Å². The molecule has 6 nitrogen and oxygen atoms in total. The SMILES string of the molecule is CNC1CCN(S(=O)(=O)c2ccc3oc(=O)ccc3c2)CC1. The second-order valence-corrected chi connectivity index (χ2v) is 7.36. The number of hydrogen-bond donors (Lipinski definition) is 1. The Morgan fingerprint density at radius 3 is 2.59 bits per heavy atom. The first kappa shape index (κ1) is 15.2. The number of hydrogen-bond acceptors (Lipinski definition) is 5.